The number of esters is 1. The average molecular weight is 765 g/mol. The van der Waals surface area contributed by atoms with Crippen LogP contribution in [0.4, 0.5) is 0 Å². The summed E-state index contributed by atoms with van der Waals surface area (Å²) in [6.45, 7) is 8.17. The molecule has 0 fully saturated rings. The Morgan fingerprint density at radius 2 is 0.852 bits per heavy atom. The molecule has 0 saturated carbocycles. The van der Waals surface area contributed by atoms with E-state index in [9.17, 15) is 29.1 Å². The lowest BCUT2D eigenvalue weighted by atomic mass is 9.73. The molecule has 9 nitrogen and oxygen atoms in total. The highest BCUT2D eigenvalue weighted by atomic mass is 16.5. The number of rotatable bonds is 39. The molecule has 2 atom stereocenters. The zero-order chi connectivity index (χ0) is 40.3. The van der Waals surface area contributed by atoms with E-state index in [1.54, 1.807) is 6.92 Å². The number of nitrogens with two attached hydrogens (primary N) is 1. The smallest absolute Gasteiger partial charge is 0.341 e. The molecule has 0 radical (unpaired) electrons. The van der Waals surface area contributed by atoms with Gasteiger partial charge >= 0.3 is 11.9 Å². The lowest BCUT2D eigenvalue weighted by molar-refractivity contribution is -0.183. The molecule has 0 aliphatic carbocycles. The van der Waals surface area contributed by atoms with Gasteiger partial charge < -0.3 is 15.6 Å². The largest absolute Gasteiger partial charge is 0.481 e. The highest BCUT2D eigenvalue weighted by Gasteiger charge is 2.62. The molecule has 0 saturated heterocycles. The second-order valence-electron chi connectivity index (χ2n) is 15.6. The molecule has 0 aromatic carbocycles. The molecular weight excluding hydrogens is 681 g/mol. The Labute approximate surface area is 331 Å². The lowest BCUT2D eigenvalue weighted by Crippen LogP contribution is -2.69. The normalized spacial score (nSPS) is 13.0. The molecule has 0 aromatic rings. The topological polar surface area (TPSA) is 144 Å². The number of carbonyl (C=O) groups excluding carboxylic acids is 4. The molecule has 3 N–H and O–H groups in total. The van der Waals surface area contributed by atoms with Gasteiger partial charge in [-0.15, -0.1) is 0 Å². The van der Waals surface area contributed by atoms with Crippen LogP contribution in [0.1, 0.15) is 233 Å². The van der Waals surface area contributed by atoms with Crippen LogP contribution in [0.2, 0.25) is 0 Å². The first-order chi connectivity index (χ1) is 26.2. The molecule has 0 aromatic heterocycles. The number of imide groups is 1. The first kappa shape index (κ1) is 51.7. The Bertz CT molecular complexity index is 953. The van der Waals surface area contributed by atoms with E-state index in [2.05, 4.69) is 20.8 Å². The molecule has 316 valence electrons. The zero-order valence-electron chi connectivity index (χ0n) is 35.5. The molecule has 54 heavy (non-hydrogen) atoms. The molecular formula is C45H84N2O7. The van der Waals surface area contributed by atoms with Crippen molar-refractivity contribution in [3.05, 3.63) is 0 Å². The number of ketones is 1. The van der Waals surface area contributed by atoms with Crippen LogP contribution in [0.15, 0.2) is 0 Å². The predicted molar refractivity (Wildman–Crippen MR) is 221 cm³/mol. The minimum absolute atomic E-state index is 0.0466. The van der Waals surface area contributed by atoms with Crippen LogP contribution < -0.4 is 5.73 Å². The van der Waals surface area contributed by atoms with E-state index in [-0.39, 0.29) is 45.3 Å². The van der Waals surface area contributed by atoms with Gasteiger partial charge in [0.15, 0.2) is 5.78 Å². The summed E-state index contributed by atoms with van der Waals surface area (Å²) in [5.41, 5.74) is 3.25. The van der Waals surface area contributed by atoms with Crippen LogP contribution in [-0.2, 0) is 28.7 Å². The van der Waals surface area contributed by atoms with Crippen LogP contribution in [0.25, 0.3) is 0 Å². The fourth-order valence-corrected chi connectivity index (χ4v) is 7.61. The predicted octanol–water partition coefficient (Wildman–Crippen LogP) is 11.4. The summed E-state index contributed by atoms with van der Waals surface area (Å²) in [5.74, 6) is -6.22. The number of hydrogen-bond donors (Lipinski definition) is 2. The second-order valence-corrected chi connectivity index (χ2v) is 15.6. The number of carboxylic acid groups (broad SMARTS) is 1. The molecule has 0 heterocycles. The number of ether oxygens (including phenoxy) is 1. The molecule has 9 heteroatoms. The van der Waals surface area contributed by atoms with Crippen LogP contribution >= 0.6 is 0 Å². The van der Waals surface area contributed by atoms with Crippen LogP contribution in [-0.4, -0.2) is 58.2 Å². The quantitative estimate of drug-likeness (QED) is 0.0357. The van der Waals surface area contributed by atoms with Gasteiger partial charge in [0.1, 0.15) is 0 Å². The molecule has 0 bridgehead atoms. The summed E-state index contributed by atoms with van der Waals surface area (Å²) < 4.78 is 5.51. The van der Waals surface area contributed by atoms with Crippen LogP contribution in [0, 0.1) is 5.92 Å². The van der Waals surface area contributed by atoms with Gasteiger partial charge in [0, 0.05) is 19.3 Å². The maximum atomic E-state index is 14.7. The minimum atomic E-state index is -2.58. The van der Waals surface area contributed by atoms with Gasteiger partial charge in [0.2, 0.25) is 17.4 Å². The van der Waals surface area contributed by atoms with E-state index < -0.39 is 41.0 Å². The van der Waals surface area contributed by atoms with Crippen LogP contribution in [0.5, 0.6) is 0 Å². The Hall–Kier alpha value is -2.29. The van der Waals surface area contributed by atoms with Crippen LogP contribution in [0.3, 0.4) is 0 Å². The van der Waals surface area contributed by atoms with E-state index in [0.29, 0.717) is 19.3 Å². The van der Waals surface area contributed by atoms with Crippen molar-refractivity contribution in [3.8, 4) is 0 Å². The molecule has 0 rings (SSSR count). The summed E-state index contributed by atoms with van der Waals surface area (Å²) >= 11 is 0. The van der Waals surface area contributed by atoms with E-state index in [0.717, 1.165) is 81.9 Å². The Kier molecular flexibility index (Phi) is 33.7. The number of carboxylic acids is 1. The summed E-state index contributed by atoms with van der Waals surface area (Å²) in [6, 6.07) is 0. The van der Waals surface area contributed by atoms with Crippen molar-refractivity contribution in [3.63, 3.8) is 0 Å². The van der Waals surface area contributed by atoms with Gasteiger partial charge in [-0.3, -0.25) is 24.1 Å². The number of Topliss-reactive ketones (excluding diaryl/α,β-unsaturated/α-hetero) is 1. The van der Waals surface area contributed by atoms with Crippen molar-refractivity contribution in [2.75, 3.05) is 13.2 Å². The maximum Gasteiger partial charge on any atom is 0.341 e. The van der Waals surface area contributed by atoms with Gasteiger partial charge in [-0.25, -0.2) is 4.79 Å². The third kappa shape index (κ3) is 21.7. The zero-order valence-corrected chi connectivity index (χ0v) is 35.5. The number of nitrogens with zero attached hydrogens (tertiary/aromatic N) is 1. The van der Waals surface area contributed by atoms with Crippen molar-refractivity contribution < 1.29 is 33.8 Å². The highest BCUT2D eigenvalue weighted by Crippen LogP contribution is 2.36. The van der Waals surface area contributed by atoms with E-state index in [1.165, 1.54) is 77.0 Å². The molecule has 0 aliphatic heterocycles. The average Bonchev–Trinajstić information content (AvgIpc) is 3.15. The fourth-order valence-electron chi connectivity index (χ4n) is 7.61. The van der Waals surface area contributed by atoms with Crippen molar-refractivity contribution in [2.45, 2.75) is 239 Å². The lowest BCUT2D eigenvalue weighted by Gasteiger charge is -2.43. The minimum Gasteiger partial charge on any atom is -0.481 e. The summed E-state index contributed by atoms with van der Waals surface area (Å²) in [4.78, 5) is 71.6. The van der Waals surface area contributed by atoms with Gasteiger partial charge in [-0.05, 0) is 45.6 Å². The standard InChI is InChI=1S/C45H84N2O7/c1-5-9-12-15-18-21-24-27-30-35-40(48)45(44(53)54-8-4,39(43(51)52)34-33-38-46)47(41(49)36-31-28-25-22-19-16-13-10-6-2)42(50)37-32-29-26-23-20-17-14-11-7-3/h39H,5-38,46H2,1-4H3,(H,51,52)/t39?,45-/m1/s1. The Morgan fingerprint density at radius 1 is 0.519 bits per heavy atom. The number of hydrogen-bond acceptors (Lipinski definition) is 7. The third-order valence-corrected chi connectivity index (χ3v) is 10.9. The number of unbranched alkanes of at least 4 members (excludes halogenated alkanes) is 24. The molecule has 0 spiro atoms. The monoisotopic (exact) mass is 765 g/mol. The van der Waals surface area contributed by atoms with Gasteiger partial charge in [0.25, 0.3) is 0 Å². The van der Waals surface area contributed by atoms with Crippen molar-refractivity contribution >= 4 is 29.5 Å². The van der Waals surface area contributed by atoms with Gasteiger partial charge in [-0.1, -0.05) is 175 Å². The van der Waals surface area contributed by atoms with Crippen molar-refractivity contribution in [1.82, 2.24) is 4.90 Å². The SMILES string of the molecule is CCCCCCCCCCCC(=O)N(C(=O)CCCCCCCCCCC)[C@](C(=O)CCCCCCCCCCC)(C(=O)OCC)C(CCCN)C(=O)O. The third-order valence-electron chi connectivity index (χ3n) is 10.9. The maximum absolute atomic E-state index is 14.7. The first-order valence-corrected chi connectivity index (χ1v) is 22.7. The van der Waals surface area contributed by atoms with Gasteiger partial charge in [-0.2, -0.15) is 0 Å². The summed E-state index contributed by atoms with van der Waals surface area (Å²) in [6.07, 6.45) is 27.4. The number of amides is 2. The van der Waals surface area contributed by atoms with E-state index >= 15 is 0 Å². The van der Waals surface area contributed by atoms with Crippen molar-refractivity contribution in [2.24, 2.45) is 11.7 Å². The number of aliphatic carboxylic acids is 1. The van der Waals surface area contributed by atoms with Gasteiger partial charge in [0.05, 0.1) is 12.5 Å². The van der Waals surface area contributed by atoms with Crippen molar-refractivity contribution in [1.29, 1.82) is 0 Å². The highest BCUT2D eigenvalue weighted by molar-refractivity contribution is 6.17. The molecule has 2 amide bonds. The molecule has 0 aliphatic rings. The first-order valence-electron chi connectivity index (χ1n) is 22.7. The molecule has 1 unspecified atom stereocenters. The Morgan fingerprint density at radius 3 is 1.17 bits per heavy atom. The van der Waals surface area contributed by atoms with E-state index in [4.69, 9.17) is 10.5 Å². The van der Waals surface area contributed by atoms with E-state index in [1.807, 2.05) is 0 Å². The Balaban J connectivity index is 6.39. The summed E-state index contributed by atoms with van der Waals surface area (Å²) in [5, 5.41) is 10.7. The second kappa shape index (κ2) is 35.1. The summed E-state index contributed by atoms with van der Waals surface area (Å²) in [7, 11) is 0. The fraction of sp³-hybridized carbons (Fsp3) is 0.889. The number of carbonyl (C=O) groups is 5.